The second-order valence-corrected chi connectivity index (χ2v) is 8.79. The van der Waals surface area contributed by atoms with Gasteiger partial charge in [0.1, 0.15) is 12.1 Å². The maximum absolute atomic E-state index is 9.22. The summed E-state index contributed by atoms with van der Waals surface area (Å²) in [4.78, 5) is 11.7. The number of fused-ring (bicyclic) bond motifs is 2. The Morgan fingerprint density at radius 2 is 2.00 bits per heavy atom. The zero-order valence-corrected chi connectivity index (χ0v) is 16.9. The summed E-state index contributed by atoms with van der Waals surface area (Å²) in [6.07, 6.45) is 10.3. The predicted octanol–water partition coefficient (Wildman–Crippen LogP) is 3.73. The van der Waals surface area contributed by atoms with Crippen molar-refractivity contribution in [1.29, 1.82) is 5.26 Å². The highest BCUT2D eigenvalue weighted by Crippen LogP contribution is 2.35. The molecule has 2 aromatic rings. The Kier molecular flexibility index (Phi) is 5.34. The summed E-state index contributed by atoms with van der Waals surface area (Å²) in [5, 5.41) is 13.8. The van der Waals surface area contributed by atoms with E-state index in [9.17, 15) is 5.26 Å². The quantitative estimate of drug-likeness (QED) is 0.859. The number of ether oxygens (including phenoxy) is 1. The molecule has 0 amide bonds. The summed E-state index contributed by atoms with van der Waals surface area (Å²) in [5.41, 5.74) is 1.53. The summed E-state index contributed by atoms with van der Waals surface area (Å²) in [5.74, 6) is 1.60. The minimum Gasteiger partial charge on any atom is -0.381 e. The van der Waals surface area contributed by atoms with Crippen molar-refractivity contribution in [2.24, 2.45) is 5.92 Å². The van der Waals surface area contributed by atoms with Crippen LogP contribution in [0.15, 0.2) is 24.5 Å². The van der Waals surface area contributed by atoms with Crippen molar-refractivity contribution in [3.8, 4) is 6.07 Å². The maximum atomic E-state index is 9.22. The summed E-state index contributed by atoms with van der Waals surface area (Å²) < 4.78 is 5.74. The maximum Gasteiger partial charge on any atom is 0.137 e. The fourth-order valence-electron chi connectivity index (χ4n) is 5.64. The summed E-state index contributed by atoms with van der Waals surface area (Å²) in [7, 11) is 0. The van der Waals surface area contributed by atoms with Crippen LogP contribution in [0.5, 0.6) is 0 Å². The van der Waals surface area contributed by atoms with Gasteiger partial charge in [0, 0.05) is 30.1 Å². The molecule has 1 aromatic carbocycles. The third-order valence-electron chi connectivity index (χ3n) is 7.12. The molecule has 6 heteroatoms. The second kappa shape index (κ2) is 8.25. The van der Waals surface area contributed by atoms with Crippen LogP contribution in [0.1, 0.15) is 50.5 Å². The molecule has 0 radical (unpaired) electrons. The number of hydrogen-bond acceptors (Lipinski definition) is 6. The summed E-state index contributed by atoms with van der Waals surface area (Å²) >= 11 is 0. The minimum atomic E-state index is 0.436. The van der Waals surface area contributed by atoms with Gasteiger partial charge in [-0.3, -0.25) is 4.90 Å². The second-order valence-electron chi connectivity index (χ2n) is 8.79. The highest BCUT2D eigenvalue weighted by Gasteiger charge is 2.38. The van der Waals surface area contributed by atoms with Crippen molar-refractivity contribution >= 4 is 16.7 Å². The van der Waals surface area contributed by atoms with Crippen molar-refractivity contribution in [2.45, 2.75) is 63.1 Å². The molecule has 1 aliphatic carbocycles. The Balaban J connectivity index is 1.25. The Bertz CT molecular complexity index is 900. The Morgan fingerprint density at radius 1 is 1.10 bits per heavy atom. The van der Waals surface area contributed by atoms with Gasteiger partial charge in [-0.05, 0) is 75.6 Å². The molecule has 2 aliphatic heterocycles. The normalized spacial score (nSPS) is 30.4. The number of aromatic nitrogens is 2. The van der Waals surface area contributed by atoms with Crippen LogP contribution in [0.2, 0.25) is 0 Å². The largest absolute Gasteiger partial charge is 0.381 e. The number of piperidine rings is 1. The molecule has 5 rings (SSSR count). The molecule has 0 spiro atoms. The Labute approximate surface area is 172 Å². The van der Waals surface area contributed by atoms with E-state index in [4.69, 9.17) is 4.74 Å². The molecular weight excluding hydrogens is 362 g/mol. The van der Waals surface area contributed by atoms with Gasteiger partial charge in [-0.2, -0.15) is 5.26 Å². The average Bonchev–Trinajstić information content (AvgIpc) is 2.79. The van der Waals surface area contributed by atoms with E-state index in [0.29, 0.717) is 17.6 Å². The number of nitrogens with one attached hydrogen (secondary N) is 1. The molecule has 0 bridgehead atoms. The molecular formula is C23H29N5O. The average molecular weight is 392 g/mol. The van der Waals surface area contributed by atoms with Crippen LogP contribution >= 0.6 is 0 Å². The zero-order valence-electron chi connectivity index (χ0n) is 16.9. The van der Waals surface area contributed by atoms with Gasteiger partial charge in [-0.25, -0.2) is 9.97 Å². The van der Waals surface area contributed by atoms with E-state index in [0.717, 1.165) is 41.9 Å². The summed E-state index contributed by atoms with van der Waals surface area (Å²) in [6.45, 7) is 3.15. The Hall–Kier alpha value is -2.23. The van der Waals surface area contributed by atoms with Crippen molar-refractivity contribution in [3.05, 3.63) is 30.1 Å². The number of hydrogen-bond donors (Lipinski definition) is 1. The third-order valence-corrected chi connectivity index (χ3v) is 7.12. The number of nitriles is 1. The fourth-order valence-corrected chi connectivity index (χ4v) is 5.64. The van der Waals surface area contributed by atoms with Crippen LogP contribution in [0.4, 0.5) is 5.82 Å². The van der Waals surface area contributed by atoms with Crippen molar-refractivity contribution in [2.75, 3.05) is 25.1 Å². The first-order valence-corrected chi connectivity index (χ1v) is 11.1. The molecule has 1 aromatic heterocycles. The van der Waals surface area contributed by atoms with Gasteiger partial charge in [0.15, 0.2) is 0 Å². The lowest BCUT2D eigenvalue weighted by Gasteiger charge is -2.49. The van der Waals surface area contributed by atoms with Crippen molar-refractivity contribution in [3.63, 3.8) is 0 Å². The van der Waals surface area contributed by atoms with Crippen LogP contribution in [0.3, 0.4) is 0 Å². The van der Waals surface area contributed by atoms with Gasteiger partial charge in [-0.15, -0.1) is 0 Å². The molecule has 1 saturated carbocycles. The molecule has 2 atom stereocenters. The molecule has 3 heterocycles. The van der Waals surface area contributed by atoms with E-state index in [1.807, 2.05) is 18.2 Å². The molecule has 1 N–H and O–H groups in total. The van der Waals surface area contributed by atoms with Gasteiger partial charge < -0.3 is 10.1 Å². The number of rotatable bonds is 3. The van der Waals surface area contributed by atoms with Crippen LogP contribution in [-0.2, 0) is 4.74 Å². The highest BCUT2D eigenvalue weighted by molar-refractivity contribution is 5.89. The van der Waals surface area contributed by atoms with E-state index in [2.05, 4.69) is 26.3 Å². The molecule has 3 fully saturated rings. The van der Waals surface area contributed by atoms with E-state index in [-0.39, 0.29) is 0 Å². The topological polar surface area (TPSA) is 74.1 Å². The van der Waals surface area contributed by atoms with Crippen molar-refractivity contribution in [1.82, 2.24) is 14.9 Å². The van der Waals surface area contributed by atoms with Crippen LogP contribution in [0, 0.1) is 17.2 Å². The first-order valence-electron chi connectivity index (χ1n) is 11.1. The fraction of sp³-hybridized carbons (Fsp3) is 0.609. The highest BCUT2D eigenvalue weighted by atomic mass is 16.5. The van der Waals surface area contributed by atoms with E-state index in [1.54, 1.807) is 6.33 Å². The SMILES string of the molecule is N#Cc1ccc2ncnc(N[C@H]3CC[C@H](N4CCCC5COCCC54)CC3)c2c1. The van der Waals surface area contributed by atoms with E-state index < -0.39 is 0 Å². The molecule has 152 valence electrons. The number of nitrogens with zero attached hydrogens (tertiary/aromatic N) is 4. The van der Waals surface area contributed by atoms with E-state index in [1.165, 1.54) is 51.5 Å². The first kappa shape index (κ1) is 18.8. The van der Waals surface area contributed by atoms with Crippen LogP contribution in [-0.4, -0.2) is 52.8 Å². The lowest BCUT2D eigenvalue weighted by molar-refractivity contribution is -0.0563. The number of likely N-dealkylation sites (tertiary alicyclic amines) is 1. The van der Waals surface area contributed by atoms with Gasteiger partial charge in [0.2, 0.25) is 0 Å². The van der Waals surface area contributed by atoms with E-state index >= 15 is 0 Å². The van der Waals surface area contributed by atoms with Crippen LogP contribution < -0.4 is 5.32 Å². The minimum absolute atomic E-state index is 0.436. The van der Waals surface area contributed by atoms with Gasteiger partial charge >= 0.3 is 0 Å². The lowest BCUT2D eigenvalue weighted by Crippen LogP contribution is -2.54. The standard InChI is InChI=1S/C23H29N5O/c24-13-16-3-8-21-20(12-16)23(26-15-25-21)27-18-4-6-19(7-5-18)28-10-1-2-17-14-29-11-9-22(17)28/h3,8,12,15,17-19,22H,1-2,4-7,9-11,14H2,(H,25,26,27)/t17?,18-,19-,22?. The first-order chi connectivity index (χ1) is 14.3. The zero-order chi connectivity index (χ0) is 19.6. The van der Waals surface area contributed by atoms with Crippen molar-refractivity contribution < 1.29 is 4.74 Å². The van der Waals surface area contributed by atoms with Gasteiger partial charge in [-0.1, -0.05) is 0 Å². The molecule has 6 nitrogen and oxygen atoms in total. The van der Waals surface area contributed by atoms with Crippen LogP contribution in [0.25, 0.3) is 10.9 Å². The summed E-state index contributed by atoms with van der Waals surface area (Å²) in [6, 6.07) is 9.71. The van der Waals surface area contributed by atoms with Gasteiger partial charge in [0.05, 0.1) is 23.8 Å². The molecule has 2 unspecified atom stereocenters. The lowest BCUT2D eigenvalue weighted by atomic mass is 9.82. The predicted molar refractivity (Wildman–Crippen MR) is 113 cm³/mol. The number of anilines is 1. The smallest absolute Gasteiger partial charge is 0.137 e. The van der Waals surface area contributed by atoms with Gasteiger partial charge in [0.25, 0.3) is 0 Å². The Morgan fingerprint density at radius 3 is 2.86 bits per heavy atom. The molecule has 29 heavy (non-hydrogen) atoms. The molecule has 2 saturated heterocycles. The number of benzene rings is 1. The monoisotopic (exact) mass is 391 g/mol. The molecule has 3 aliphatic rings. The third kappa shape index (κ3) is 3.82.